The Kier molecular flexibility index (Phi) is 4.36. The van der Waals surface area contributed by atoms with E-state index in [2.05, 4.69) is 40.7 Å². The summed E-state index contributed by atoms with van der Waals surface area (Å²) in [5.74, 6) is 0.957. The van der Waals surface area contributed by atoms with Crippen molar-refractivity contribution < 1.29 is 4.74 Å². The van der Waals surface area contributed by atoms with Gasteiger partial charge in [0.05, 0.1) is 17.9 Å². The minimum absolute atomic E-state index is 0.239. The maximum Gasteiger partial charge on any atom is 0.142 e. The van der Waals surface area contributed by atoms with Crippen molar-refractivity contribution in [2.75, 3.05) is 18.4 Å². The molecule has 0 saturated carbocycles. The predicted octanol–water partition coefficient (Wildman–Crippen LogP) is 2.61. The molecule has 1 aliphatic rings. The number of aromatic nitrogens is 1. The Morgan fingerprint density at radius 3 is 3.14 bits per heavy atom. The van der Waals surface area contributed by atoms with E-state index in [1.165, 1.54) is 5.56 Å². The van der Waals surface area contributed by atoms with Crippen molar-refractivity contribution in [3.8, 4) is 5.75 Å². The van der Waals surface area contributed by atoms with Crippen molar-refractivity contribution in [1.82, 2.24) is 10.3 Å². The van der Waals surface area contributed by atoms with Crippen molar-refractivity contribution in [1.29, 1.82) is 0 Å². The van der Waals surface area contributed by atoms with E-state index in [9.17, 15) is 0 Å². The van der Waals surface area contributed by atoms with Gasteiger partial charge < -0.3 is 15.4 Å². The third-order valence-corrected chi connectivity index (χ3v) is 3.57. The summed E-state index contributed by atoms with van der Waals surface area (Å²) < 4.78 is 5.78. The molecular weight excluding hydrogens is 262 g/mol. The summed E-state index contributed by atoms with van der Waals surface area (Å²) in [4.78, 5) is 4.30. The SMILES string of the molecule is CC1CNc2cc(CCNCc3ccccn3)ccc2O1. The number of nitrogens with one attached hydrogen (secondary N) is 2. The van der Waals surface area contributed by atoms with E-state index in [-0.39, 0.29) is 6.10 Å². The van der Waals surface area contributed by atoms with Gasteiger partial charge in [-0.1, -0.05) is 12.1 Å². The Balaban J connectivity index is 1.50. The van der Waals surface area contributed by atoms with Gasteiger partial charge in [-0.2, -0.15) is 0 Å². The van der Waals surface area contributed by atoms with Gasteiger partial charge in [-0.3, -0.25) is 4.98 Å². The van der Waals surface area contributed by atoms with Gasteiger partial charge in [-0.05, 0) is 49.7 Å². The second kappa shape index (κ2) is 6.59. The summed E-state index contributed by atoms with van der Waals surface area (Å²) in [6, 6.07) is 12.4. The number of anilines is 1. The lowest BCUT2D eigenvalue weighted by molar-refractivity contribution is 0.226. The number of pyridine rings is 1. The van der Waals surface area contributed by atoms with Gasteiger partial charge in [0.25, 0.3) is 0 Å². The highest BCUT2D eigenvalue weighted by Crippen LogP contribution is 2.29. The minimum atomic E-state index is 0.239. The van der Waals surface area contributed by atoms with Crippen LogP contribution < -0.4 is 15.4 Å². The molecule has 110 valence electrons. The van der Waals surface area contributed by atoms with E-state index in [1.807, 2.05) is 24.4 Å². The van der Waals surface area contributed by atoms with Gasteiger partial charge in [-0.25, -0.2) is 0 Å². The lowest BCUT2D eigenvalue weighted by Crippen LogP contribution is -2.27. The average molecular weight is 283 g/mol. The zero-order valence-corrected chi connectivity index (χ0v) is 12.3. The molecule has 4 heteroatoms. The fourth-order valence-electron chi connectivity index (χ4n) is 2.44. The molecule has 0 amide bonds. The molecule has 0 radical (unpaired) electrons. The lowest BCUT2D eigenvalue weighted by Gasteiger charge is -2.25. The Morgan fingerprint density at radius 2 is 2.29 bits per heavy atom. The van der Waals surface area contributed by atoms with Crippen molar-refractivity contribution in [3.63, 3.8) is 0 Å². The standard InChI is InChI=1S/C17H21N3O/c1-13-11-20-16-10-14(5-6-17(16)21-13)7-9-18-12-15-4-2-3-8-19-15/h2-6,8,10,13,18,20H,7,9,11-12H2,1H3. The van der Waals surface area contributed by atoms with E-state index in [0.29, 0.717) is 0 Å². The highest BCUT2D eigenvalue weighted by molar-refractivity contribution is 5.59. The topological polar surface area (TPSA) is 46.2 Å². The number of benzene rings is 1. The first-order chi connectivity index (χ1) is 10.3. The largest absolute Gasteiger partial charge is 0.487 e. The van der Waals surface area contributed by atoms with Crippen molar-refractivity contribution in [2.45, 2.75) is 26.0 Å². The molecule has 0 saturated heterocycles. The number of hydrogen-bond donors (Lipinski definition) is 2. The van der Waals surface area contributed by atoms with Crippen molar-refractivity contribution in [3.05, 3.63) is 53.9 Å². The molecule has 0 bridgehead atoms. The number of hydrogen-bond acceptors (Lipinski definition) is 4. The van der Waals surface area contributed by atoms with Crippen LogP contribution >= 0.6 is 0 Å². The molecule has 2 heterocycles. The monoisotopic (exact) mass is 283 g/mol. The lowest BCUT2D eigenvalue weighted by atomic mass is 10.1. The quantitative estimate of drug-likeness (QED) is 0.828. The number of fused-ring (bicyclic) bond motifs is 1. The molecule has 0 aliphatic carbocycles. The smallest absolute Gasteiger partial charge is 0.142 e. The summed E-state index contributed by atoms with van der Waals surface area (Å²) in [7, 11) is 0. The second-order valence-electron chi connectivity index (χ2n) is 5.39. The zero-order valence-electron chi connectivity index (χ0n) is 12.3. The molecule has 1 atom stereocenters. The third kappa shape index (κ3) is 3.73. The Hall–Kier alpha value is -2.07. The first-order valence-corrected chi connectivity index (χ1v) is 7.45. The molecule has 0 spiro atoms. The van der Waals surface area contributed by atoms with Crippen LogP contribution in [0, 0.1) is 0 Å². The van der Waals surface area contributed by atoms with E-state index < -0.39 is 0 Å². The molecule has 1 unspecified atom stereocenters. The van der Waals surface area contributed by atoms with Crippen LogP contribution in [0.15, 0.2) is 42.6 Å². The number of nitrogens with zero attached hydrogens (tertiary/aromatic N) is 1. The van der Waals surface area contributed by atoms with Gasteiger partial charge in [0.2, 0.25) is 0 Å². The van der Waals surface area contributed by atoms with Crippen LogP contribution in [0.1, 0.15) is 18.2 Å². The van der Waals surface area contributed by atoms with Crippen LogP contribution in [0.5, 0.6) is 5.75 Å². The highest BCUT2D eigenvalue weighted by atomic mass is 16.5. The molecule has 2 aromatic rings. The average Bonchev–Trinajstić information content (AvgIpc) is 2.52. The molecule has 21 heavy (non-hydrogen) atoms. The van der Waals surface area contributed by atoms with Gasteiger partial charge >= 0.3 is 0 Å². The summed E-state index contributed by atoms with van der Waals surface area (Å²) in [5.41, 5.74) is 3.50. The van der Waals surface area contributed by atoms with Gasteiger partial charge in [0, 0.05) is 12.7 Å². The van der Waals surface area contributed by atoms with Gasteiger partial charge in [0.15, 0.2) is 0 Å². The maximum absolute atomic E-state index is 5.78. The van der Waals surface area contributed by atoms with Crippen molar-refractivity contribution >= 4 is 5.69 Å². The van der Waals surface area contributed by atoms with E-state index in [1.54, 1.807) is 0 Å². The van der Waals surface area contributed by atoms with Crippen LogP contribution in [-0.4, -0.2) is 24.2 Å². The molecular formula is C17H21N3O. The molecule has 2 N–H and O–H groups in total. The first kappa shape index (κ1) is 13.9. The Bertz CT molecular complexity index is 586. The van der Waals surface area contributed by atoms with Crippen LogP contribution in [0.25, 0.3) is 0 Å². The number of rotatable bonds is 5. The van der Waals surface area contributed by atoms with Crippen molar-refractivity contribution in [2.24, 2.45) is 0 Å². The predicted molar refractivity (Wildman–Crippen MR) is 84.7 cm³/mol. The molecule has 1 aliphatic heterocycles. The molecule has 3 rings (SSSR count). The van der Waals surface area contributed by atoms with E-state index in [4.69, 9.17) is 4.74 Å². The maximum atomic E-state index is 5.78. The fraction of sp³-hybridized carbons (Fsp3) is 0.353. The molecule has 1 aromatic heterocycles. The molecule has 1 aromatic carbocycles. The molecule has 0 fully saturated rings. The van der Waals surface area contributed by atoms with E-state index >= 15 is 0 Å². The highest BCUT2D eigenvalue weighted by Gasteiger charge is 2.15. The van der Waals surface area contributed by atoms with E-state index in [0.717, 1.165) is 43.2 Å². The van der Waals surface area contributed by atoms with Gasteiger partial charge in [0.1, 0.15) is 11.9 Å². The summed E-state index contributed by atoms with van der Waals surface area (Å²) in [6.07, 6.45) is 3.06. The Morgan fingerprint density at radius 1 is 1.33 bits per heavy atom. The minimum Gasteiger partial charge on any atom is -0.487 e. The second-order valence-corrected chi connectivity index (χ2v) is 5.39. The van der Waals surface area contributed by atoms with Crippen LogP contribution in [0.4, 0.5) is 5.69 Å². The Labute approximate surface area is 125 Å². The van der Waals surface area contributed by atoms with Crippen LogP contribution in [0.2, 0.25) is 0 Å². The normalized spacial score (nSPS) is 16.7. The summed E-state index contributed by atoms with van der Waals surface area (Å²) in [6.45, 7) is 4.69. The summed E-state index contributed by atoms with van der Waals surface area (Å²) in [5, 5.41) is 6.84. The fourth-order valence-corrected chi connectivity index (χ4v) is 2.44. The summed E-state index contributed by atoms with van der Waals surface area (Å²) >= 11 is 0. The zero-order chi connectivity index (χ0) is 14.5. The van der Waals surface area contributed by atoms with Crippen LogP contribution in [0.3, 0.4) is 0 Å². The first-order valence-electron chi connectivity index (χ1n) is 7.45. The van der Waals surface area contributed by atoms with Crippen LogP contribution in [-0.2, 0) is 13.0 Å². The third-order valence-electron chi connectivity index (χ3n) is 3.57. The van der Waals surface area contributed by atoms with Gasteiger partial charge in [-0.15, -0.1) is 0 Å². The molecule has 4 nitrogen and oxygen atoms in total. The number of ether oxygens (including phenoxy) is 1.